The van der Waals surface area contributed by atoms with Gasteiger partial charge in [-0.05, 0) is 36.8 Å². The number of halogens is 2. The number of aromatic nitrogens is 2. The van der Waals surface area contributed by atoms with E-state index in [0.29, 0.717) is 26.5 Å². The smallest absolute Gasteiger partial charge is 0.257 e. The van der Waals surface area contributed by atoms with Crippen molar-refractivity contribution < 1.29 is 4.79 Å². The quantitative estimate of drug-likeness (QED) is 0.433. The Balaban J connectivity index is 1.60. The molecule has 128 valence electrons. The molecule has 3 rings (SSSR count). The summed E-state index contributed by atoms with van der Waals surface area (Å²) in [5, 5.41) is 12.4. The highest BCUT2D eigenvalue weighted by Crippen LogP contribution is 2.30. The molecule has 0 spiro atoms. The average molecular weight is 410 g/mol. The van der Waals surface area contributed by atoms with Crippen molar-refractivity contribution >= 4 is 57.3 Å². The summed E-state index contributed by atoms with van der Waals surface area (Å²) in [5.41, 5.74) is 2.67. The number of nitrogens with zero attached hydrogens (tertiary/aromatic N) is 2. The lowest BCUT2D eigenvalue weighted by atomic mass is 10.1. The van der Waals surface area contributed by atoms with Crippen molar-refractivity contribution in [1.29, 1.82) is 0 Å². The molecule has 3 aromatic rings. The fraction of sp³-hybridized carbons (Fsp3) is 0.118. The number of aryl methyl sites for hydroxylation is 1. The minimum absolute atomic E-state index is 0.194. The van der Waals surface area contributed by atoms with Gasteiger partial charge in [-0.3, -0.25) is 10.1 Å². The van der Waals surface area contributed by atoms with Crippen LogP contribution in [0.5, 0.6) is 0 Å². The maximum atomic E-state index is 12.2. The van der Waals surface area contributed by atoms with E-state index in [4.69, 9.17) is 23.2 Å². The van der Waals surface area contributed by atoms with Gasteiger partial charge in [0, 0.05) is 11.3 Å². The number of rotatable bonds is 5. The van der Waals surface area contributed by atoms with Gasteiger partial charge in [0.15, 0.2) is 4.34 Å². The van der Waals surface area contributed by atoms with E-state index in [1.807, 2.05) is 37.3 Å². The Labute approximate surface area is 163 Å². The fourth-order valence-electron chi connectivity index (χ4n) is 2.05. The van der Waals surface area contributed by atoms with E-state index < -0.39 is 0 Å². The van der Waals surface area contributed by atoms with E-state index in [2.05, 4.69) is 15.5 Å². The SMILES string of the molecule is Cc1cccc(C(=O)Nc2nnc(SCc3ccc(Cl)c(Cl)c3)s2)c1. The van der Waals surface area contributed by atoms with Gasteiger partial charge < -0.3 is 0 Å². The lowest BCUT2D eigenvalue weighted by molar-refractivity contribution is 0.102. The molecule has 4 nitrogen and oxygen atoms in total. The van der Waals surface area contributed by atoms with Crippen LogP contribution in [0.1, 0.15) is 21.5 Å². The van der Waals surface area contributed by atoms with Crippen molar-refractivity contribution in [3.8, 4) is 0 Å². The molecule has 0 unspecified atom stereocenters. The van der Waals surface area contributed by atoms with Crippen LogP contribution in [0, 0.1) is 6.92 Å². The first kappa shape index (κ1) is 18.2. The number of thioether (sulfide) groups is 1. The van der Waals surface area contributed by atoms with Crippen molar-refractivity contribution in [2.24, 2.45) is 0 Å². The monoisotopic (exact) mass is 409 g/mol. The first-order valence-corrected chi connectivity index (χ1v) is 9.85. The molecule has 0 aliphatic rings. The Kier molecular flexibility index (Phi) is 5.96. The Hall–Kier alpha value is -1.60. The molecule has 1 heterocycles. The predicted octanol–water partition coefficient (Wildman–Crippen LogP) is 5.70. The van der Waals surface area contributed by atoms with Gasteiger partial charge in [-0.25, -0.2) is 0 Å². The van der Waals surface area contributed by atoms with Gasteiger partial charge in [0.2, 0.25) is 5.13 Å². The number of carbonyl (C=O) groups is 1. The van der Waals surface area contributed by atoms with Gasteiger partial charge in [-0.2, -0.15) is 0 Å². The number of amides is 1. The summed E-state index contributed by atoms with van der Waals surface area (Å²) in [4.78, 5) is 12.2. The van der Waals surface area contributed by atoms with Crippen LogP contribution in [-0.4, -0.2) is 16.1 Å². The zero-order valence-corrected chi connectivity index (χ0v) is 16.3. The van der Waals surface area contributed by atoms with Crippen LogP contribution >= 0.6 is 46.3 Å². The largest absolute Gasteiger partial charge is 0.296 e. The van der Waals surface area contributed by atoms with Gasteiger partial charge in [-0.15, -0.1) is 10.2 Å². The Bertz CT molecular complexity index is 914. The molecule has 0 saturated heterocycles. The van der Waals surface area contributed by atoms with Gasteiger partial charge in [0.1, 0.15) is 0 Å². The van der Waals surface area contributed by atoms with Crippen LogP contribution in [-0.2, 0) is 5.75 Å². The predicted molar refractivity (Wildman–Crippen MR) is 105 cm³/mol. The lowest BCUT2D eigenvalue weighted by Crippen LogP contribution is -2.11. The molecule has 0 bridgehead atoms. The number of hydrogen-bond donors (Lipinski definition) is 1. The molecule has 0 fully saturated rings. The van der Waals surface area contributed by atoms with Crippen LogP contribution in [0.3, 0.4) is 0 Å². The molecule has 0 radical (unpaired) electrons. The minimum Gasteiger partial charge on any atom is -0.296 e. The molecule has 1 N–H and O–H groups in total. The van der Waals surface area contributed by atoms with Crippen molar-refractivity contribution in [3.05, 3.63) is 69.2 Å². The van der Waals surface area contributed by atoms with Gasteiger partial charge >= 0.3 is 0 Å². The molecule has 8 heteroatoms. The van der Waals surface area contributed by atoms with Crippen LogP contribution < -0.4 is 5.32 Å². The van der Waals surface area contributed by atoms with Crippen molar-refractivity contribution in [2.75, 3.05) is 5.32 Å². The van der Waals surface area contributed by atoms with Crippen LogP contribution in [0.4, 0.5) is 5.13 Å². The number of hydrogen-bond acceptors (Lipinski definition) is 5. The summed E-state index contributed by atoms with van der Waals surface area (Å²) < 4.78 is 0.769. The number of nitrogens with one attached hydrogen (secondary N) is 1. The summed E-state index contributed by atoms with van der Waals surface area (Å²) >= 11 is 14.8. The standard InChI is InChI=1S/C17H13Cl2N3OS2/c1-10-3-2-4-12(7-10)15(23)20-16-21-22-17(25-16)24-9-11-5-6-13(18)14(19)8-11/h2-8H,9H2,1H3,(H,20,21,23). The molecule has 2 aromatic carbocycles. The van der Waals surface area contributed by atoms with E-state index in [1.165, 1.54) is 23.1 Å². The number of anilines is 1. The van der Waals surface area contributed by atoms with Crippen LogP contribution in [0.15, 0.2) is 46.8 Å². The number of benzene rings is 2. The Morgan fingerprint density at radius 1 is 1.16 bits per heavy atom. The van der Waals surface area contributed by atoms with Gasteiger partial charge in [-0.1, -0.05) is 70.1 Å². The third-order valence-corrected chi connectivity index (χ3v) is 6.04. The Morgan fingerprint density at radius 3 is 2.76 bits per heavy atom. The zero-order valence-electron chi connectivity index (χ0n) is 13.1. The highest BCUT2D eigenvalue weighted by Gasteiger charge is 2.11. The summed E-state index contributed by atoms with van der Waals surface area (Å²) in [7, 11) is 0. The summed E-state index contributed by atoms with van der Waals surface area (Å²) in [6.07, 6.45) is 0. The zero-order chi connectivity index (χ0) is 17.8. The first-order valence-electron chi connectivity index (χ1n) is 7.29. The highest BCUT2D eigenvalue weighted by molar-refractivity contribution is 8.00. The first-order chi connectivity index (χ1) is 12.0. The molecule has 1 amide bonds. The van der Waals surface area contributed by atoms with Crippen LogP contribution in [0.2, 0.25) is 10.0 Å². The second-order valence-electron chi connectivity index (χ2n) is 5.23. The highest BCUT2D eigenvalue weighted by atomic mass is 35.5. The summed E-state index contributed by atoms with van der Waals surface area (Å²) in [5.74, 6) is 0.498. The Morgan fingerprint density at radius 2 is 2.00 bits per heavy atom. The van der Waals surface area contributed by atoms with E-state index in [0.717, 1.165) is 15.5 Å². The van der Waals surface area contributed by atoms with Crippen molar-refractivity contribution in [3.63, 3.8) is 0 Å². The molecule has 0 aliphatic heterocycles. The van der Waals surface area contributed by atoms with E-state index in [1.54, 1.807) is 12.1 Å². The molecular weight excluding hydrogens is 397 g/mol. The summed E-state index contributed by atoms with van der Waals surface area (Å²) in [6.45, 7) is 1.94. The van der Waals surface area contributed by atoms with E-state index >= 15 is 0 Å². The normalized spacial score (nSPS) is 10.7. The fourth-order valence-corrected chi connectivity index (χ4v) is 4.06. The molecule has 25 heavy (non-hydrogen) atoms. The van der Waals surface area contributed by atoms with E-state index in [-0.39, 0.29) is 5.91 Å². The van der Waals surface area contributed by atoms with Gasteiger partial charge in [0.25, 0.3) is 5.91 Å². The molecule has 0 atom stereocenters. The molecule has 0 aliphatic carbocycles. The van der Waals surface area contributed by atoms with Crippen molar-refractivity contribution in [2.45, 2.75) is 17.0 Å². The molecule has 1 aromatic heterocycles. The van der Waals surface area contributed by atoms with E-state index in [9.17, 15) is 4.79 Å². The third-order valence-electron chi connectivity index (χ3n) is 3.25. The maximum Gasteiger partial charge on any atom is 0.257 e. The minimum atomic E-state index is -0.194. The average Bonchev–Trinajstić information content (AvgIpc) is 3.03. The second-order valence-corrected chi connectivity index (χ2v) is 8.25. The topological polar surface area (TPSA) is 54.9 Å². The van der Waals surface area contributed by atoms with Gasteiger partial charge in [0.05, 0.1) is 10.0 Å². The summed E-state index contributed by atoms with van der Waals surface area (Å²) in [6, 6.07) is 12.9. The lowest BCUT2D eigenvalue weighted by Gasteiger charge is -2.02. The second kappa shape index (κ2) is 8.19. The maximum absolute atomic E-state index is 12.2. The molecule has 0 saturated carbocycles. The third kappa shape index (κ3) is 4.95. The van der Waals surface area contributed by atoms with Crippen molar-refractivity contribution in [1.82, 2.24) is 10.2 Å². The number of carbonyl (C=O) groups excluding carboxylic acids is 1. The molecular formula is C17H13Cl2N3OS2. The van der Waals surface area contributed by atoms with Crippen LogP contribution in [0.25, 0.3) is 0 Å².